The van der Waals surface area contributed by atoms with E-state index in [9.17, 15) is 20.1 Å². The average Bonchev–Trinajstić information content (AvgIpc) is 3.02. The molecule has 3 heterocycles. The Kier molecular flexibility index (Phi) is 9.32. The highest BCUT2D eigenvalue weighted by atomic mass is 35.5. The molecule has 5 N–H and O–H groups in total. The van der Waals surface area contributed by atoms with Gasteiger partial charge in [-0.05, 0) is 37.9 Å². The second-order valence-electron chi connectivity index (χ2n) is 9.05. The van der Waals surface area contributed by atoms with Crippen molar-refractivity contribution in [1.29, 1.82) is 0 Å². The van der Waals surface area contributed by atoms with E-state index in [1.165, 1.54) is 18.2 Å². The third-order valence-corrected chi connectivity index (χ3v) is 7.97. The van der Waals surface area contributed by atoms with Crippen LogP contribution in [0, 0.1) is 11.8 Å². The third kappa shape index (κ3) is 5.69. The fourth-order valence-corrected chi connectivity index (χ4v) is 6.02. The zero-order valence-electron chi connectivity index (χ0n) is 18.4. The predicted molar refractivity (Wildman–Crippen MR) is 120 cm³/mol. The molecule has 3 aliphatic heterocycles. The van der Waals surface area contributed by atoms with Gasteiger partial charge in [0.05, 0.1) is 17.5 Å². The van der Waals surface area contributed by atoms with Crippen molar-refractivity contribution in [1.82, 2.24) is 10.6 Å². The van der Waals surface area contributed by atoms with E-state index in [0.29, 0.717) is 12.5 Å². The second kappa shape index (κ2) is 11.3. The fraction of sp³-hybridized carbons (Fsp3) is 0.952. The molecule has 0 saturated carbocycles. The van der Waals surface area contributed by atoms with Crippen LogP contribution in [-0.2, 0) is 14.3 Å². The maximum atomic E-state index is 13.2. The van der Waals surface area contributed by atoms with Crippen molar-refractivity contribution in [2.75, 3.05) is 19.4 Å². The van der Waals surface area contributed by atoms with Crippen LogP contribution in [0.3, 0.4) is 0 Å². The van der Waals surface area contributed by atoms with Gasteiger partial charge >= 0.3 is 0 Å². The Hall–Kier alpha value is -0.130. The van der Waals surface area contributed by atoms with Crippen LogP contribution < -0.4 is 10.6 Å². The van der Waals surface area contributed by atoms with Crippen molar-refractivity contribution >= 4 is 29.3 Å². The van der Waals surface area contributed by atoms with Crippen LogP contribution in [0.2, 0.25) is 0 Å². The van der Waals surface area contributed by atoms with Gasteiger partial charge in [0.2, 0.25) is 5.91 Å². The Morgan fingerprint density at radius 2 is 2.03 bits per heavy atom. The quantitative estimate of drug-likeness (QED) is 0.333. The summed E-state index contributed by atoms with van der Waals surface area (Å²) in [4.78, 5) is 13.2. The van der Waals surface area contributed by atoms with Crippen molar-refractivity contribution < 1.29 is 29.6 Å². The molecule has 180 valence electrons. The van der Waals surface area contributed by atoms with Gasteiger partial charge in [0.15, 0.2) is 0 Å². The van der Waals surface area contributed by atoms with Crippen LogP contribution >= 0.6 is 23.4 Å². The third-order valence-electron chi connectivity index (χ3n) is 6.84. The Morgan fingerprint density at radius 1 is 1.29 bits per heavy atom. The Labute approximate surface area is 193 Å². The first-order chi connectivity index (χ1) is 14.8. The van der Waals surface area contributed by atoms with Crippen LogP contribution in [0.15, 0.2) is 0 Å². The van der Waals surface area contributed by atoms with E-state index in [4.69, 9.17) is 21.1 Å². The summed E-state index contributed by atoms with van der Waals surface area (Å²) in [6.45, 7) is 5.28. The zero-order chi connectivity index (χ0) is 22.7. The molecule has 0 bridgehead atoms. The maximum absolute atomic E-state index is 13.2. The summed E-state index contributed by atoms with van der Waals surface area (Å²) in [6.07, 6.45) is 1.00. The topological polar surface area (TPSA) is 120 Å². The minimum atomic E-state index is -1.39. The molecular weight excluding hydrogens is 444 g/mol. The first-order valence-electron chi connectivity index (χ1n) is 11.3. The summed E-state index contributed by atoms with van der Waals surface area (Å²) in [5, 5.41) is 36.6. The number of aliphatic hydroxyl groups is 3. The molecule has 0 aliphatic carbocycles. The smallest absolute Gasteiger partial charge is 0.240 e. The van der Waals surface area contributed by atoms with Crippen LogP contribution in [0.1, 0.15) is 39.5 Å². The van der Waals surface area contributed by atoms with Crippen molar-refractivity contribution in [3.8, 4) is 0 Å². The summed E-state index contributed by atoms with van der Waals surface area (Å²) in [6, 6.07) is -1.25. The molecule has 31 heavy (non-hydrogen) atoms. The number of aliphatic hydroxyl groups excluding tert-OH is 3. The van der Waals surface area contributed by atoms with Gasteiger partial charge in [-0.15, -0.1) is 23.4 Å². The number of hydrogen-bond acceptors (Lipinski definition) is 8. The second-order valence-corrected chi connectivity index (χ2v) is 10.7. The number of fused-ring (bicyclic) bond motifs is 1. The van der Waals surface area contributed by atoms with E-state index in [2.05, 4.69) is 17.6 Å². The highest BCUT2D eigenvalue weighted by Gasteiger charge is 2.49. The zero-order valence-corrected chi connectivity index (χ0v) is 20.0. The van der Waals surface area contributed by atoms with E-state index in [-0.39, 0.29) is 17.9 Å². The number of ether oxygens (including phenoxy) is 2. The molecule has 0 aromatic carbocycles. The number of alkyl halides is 1. The molecule has 0 aromatic rings. The van der Waals surface area contributed by atoms with Crippen LogP contribution in [-0.4, -0.2) is 94.1 Å². The largest absolute Gasteiger partial charge is 0.388 e. The first kappa shape index (κ1) is 25.5. The van der Waals surface area contributed by atoms with Crippen molar-refractivity contribution in [2.45, 2.75) is 92.9 Å². The Bertz CT molecular complexity index is 600. The van der Waals surface area contributed by atoms with E-state index in [1.54, 1.807) is 13.2 Å². The highest BCUT2D eigenvalue weighted by molar-refractivity contribution is 7.99. The number of carbonyl (C=O) groups is 1. The molecule has 0 radical (unpaired) electrons. The number of nitrogens with one attached hydrogen (secondary N) is 2. The van der Waals surface area contributed by atoms with Crippen molar-refractivity contribution in [3.63, 3.8) is 0 Å². The summed E-state index contributed by atoms with van der Waals surface area (Å²) in [7, 11) is 0. The van der Waals surface area contributed by atoms with Gasteiger partial charge in [-0.25, -0.2) is 0 Å². The van der Waals surface area contributed by atoms with Crippen LogP contribution in [0.25, 0.3) is 0 Å². The molecule has 3 fully saturated rings. The Morgan fingerprint density at radius 3 is 2.68 bits per heavy atom. The highest BCUT2D eigenvalue weighted by Crippen LogP contribution is 2.33. The summed E-state index contributed by atoms with van der Waals surface area (Å²) < 4.78 is 11.9. The summed E-state index contributed by atoms with van der Waals surface area (Å²) in [5.41, 5.74) is -0.729. The van der Waals surface area contributed by atoms with E-state index in [0.717, 1.165) is 25.8 Å². The monoisotopic (exact) mass is 480 g/mol. The van der Waals surface area contributed by atoms with Gasteiger partial charge < -0.3 is 35.4 Å². The van der Waals surface area contributed by atoms with Gasteiger partial charge in [-0.2, -0.15) is 0 Å². The molecular formula is C21H37ClN2O6S. The minimum absolute atomic E-state index is 0.198. The number of thioether (sulfide) groups is 1. The lowest BCUT2D eigenvalue weighted by Crippen LogP contribution is -2.65. The molecule has 0 aromatic heterocycles. The number of hydrogen-bond donors (Lipinski definition) is 5. The SMILES string of the molecule is CCC[C@@H]1CCO[C@@H]2[C@H](CN[C@@H]2C(=O)N[C@@H](C2OC(SC)C(O)C(O)C2O)[C@H](C)Cl)C1. The van der Waals surface area contributed by atoms with Gasteiger partial charge in [-0.1, -0.05) is 19.8 Å². The summed E-state index contributed by atoms with van der Waals surface area (Å²) >= 11 is 7.60. The minimum Gasteiger partial charge on any atom is -0.388 e. The molecule has 3 aliphatic rings. The fourth-order valence-electron chi connectivity index (χ4n) is 5.14. The molecule has 3 rings (SSSR count). The predicted octanol–water partition coefficient (Wildman–Crippen LogP) is 0.452. The van der Waals surface area contributed by atoms with Crippen LogP contribution in [0.5, 0.6) is 0 Å². The van der Waals surface area contributed by atoms with E-state index >= 15 is 0 Å². The molecule has 10 heteroatoms. The van der Waals surface area contributed by atoms with Crippen molar-refractivity contribution in [2.24, 2.45) is 11.8 Å². The molecule has 1 amide bonds. The lowest BCUT2D eigenvalue weighted by atomic mass is 9.87. The molecule has 3 saturated heterocycles. The van der Waals surface area contributed by atoms with Gasteiger partial charge in [0.1, 0.15) is 35.9 Å². The lowest BCUT2D eigenvalue weighted by molar-refractivity contribution is -0.205. The van der Waals surface area contributed by atoms with Crippen molar-refractivity contribution in [3.05, 3.63) is 0 Å². The Balaban J connectivity index is 1.68. The molecule has 0 spiro atoms. The molecule has 8 nitrogen and oxygen atoms in total. The van der Waals surface area contributed by atoms with Crippen LogP contribution in [0.4, 0.5) is 0 Å². The number of amides is 1. The number of rotatable bonds is 7. The van der Waals surface area contributed by atoms with E-state index in [1.807, 2.05) is 0 Å². The normalized spacial score (nSPS) is 43.0. The summed E-state index contributed by atoms with van der Waals surface area (Å²) in [5.74, 6) is 0.661. The van der Waals surface area contributed by atoms with Gasteiger partial charge in [0.25, 0.3) is 0 Å². The van der Waals surface area contributed by atoms with E-state index < -0.39 is 47.3 Å². The number of carbonyl (C=O) groups excluding carboxylic acids is 1. The average molecular weight is 481 g/mol. The van der Waals surface area contributed by atoms with Gasteiger partial charge in [-0.3, -0.25) is 4.79 Å². The molecule has 11 atom stereocenters. The first-order valence-corrected chi connectivity index (χ1v) is 13.0. The standard InChI is InChI=1S/C21H37ClN2O6S/c1-4-5-11-6-7-29-18-12(8-11)9-23-14(18)20(28)24-13(10(2)22)19-16(26)15(25)17(27)21(30-19)31-3/h10-19,21,23,25-27H,4-9H2,1-3H3,(H,24,28)/t10-,11+,12-,13+,14-,15?,16?,17?,18+,19?,21?/m0/s1. The number of halogens is 1. The van der Waals surface area contributed by atoms with Gasteiger partial charge in [0, 0.05) is 13.2 Å². The molecule has 5 unspecified atom stereocenters. The lowest BCUT2D eigenvalue weighted by Gasteiger charge is -2.44. The maximum Gasteiger partial charge on any atom is 0.240 e.